The van der Waals surface area contributed by atoms with Gasteiger partial charge in [0.05, 0.1) is 0 Å². The van der Waals surface area contributed by atoms with Gasteiger partial charge in [-0.2, -0.15) is 0 Å². The van der Waals surface area contributed by atoms with Crippen LogP contribution in [-0.2, 0) is 0 Å². The van der Waals surface area contributed by atoms with Gasteiger partial charge in [0.25, 0.3) is 0 Å². The lowest BCUT2D eigenvalue weighted by atomic mass is 9.86. The standard InChI is InChI=1S/C12H24INO/c1-6-10(13)7-11(14-9(2)15)8-12(3,4)5/h10-11,14-15H,2,6-8H2,1,3-5H3. The zero-order chi connectivity index (χ0) is 12.1. The molecule has 3 heteroatoms. The molecule has 15 heavy (non-hydrogen) atoms. The van der Waals surface area contributed by atoms with Gasteiger partial charge in [-0.3, -0.25) is 0 Å². The zero-order valence-electron chi connectivity index (χ0n) is 10.3. The third kappa shape index (κ3) is 9.03. The Labute approximate surface area is 108 Å². The van der Waals surface area contributed by atoms with Crippen LogP contribution in [0.1, 0.15) is 47.0 Å². The van der Waals surface area contributed by atoms with Crippen molar-refractivity contribution in [1.29, 1.82) is 0 Å². The molecule has 0 amide bonds. The minimum Gasteiger partial charge on any atom is -0.495 e. The molecule has 0 rings (SSSR count). The van der Waals surface area contributed by atoms with Crippen LogP contribution in [0.15, 0.2) is 12.5 Å². The van der Waals surface area contributed by atoms with Gasteiger partial charge >= 0.3 is 0 Å². The summed E-state index contributed by atoms with van der Waals surface area (Å²) in [6.45, 7) is 12.3. The number of aliphatic hydroxyl groups excluding tert-OH is 1. The average molecular weight is 325 g/mol. The summed E-state index contributed by atoms with van der Waals surface area (Å²) in [6.07, 6.45) is 3.29. The molecular formula is C12H24INO. The molecule has 0 aromatic carbocycles. The van der Waals surface area contributed by atoms with Crippen molar-refractivity contribution in [3.63, 3.8) is 0 Å². The Balaban J connectivity index is 4.24. The Morgan fingerprint density at radius 2 is 2.00 bits per heavy atom. The average Bonchev–Trinajstić information content (AvgIpc) is 1.99. The number of hydrogen-bond acceptors (Lipinski definition) is 2. The van der Waals surface area contributed by atoms with E-state index in [0.717, 1.165) is 12.8 Å². The summed E-state index contributed by atoms with van der Waals surface area (Å²) in [6, 6.07) is 0.323. The van der Waals surface area contributed by atoms with Crippen LogP contribution in [0.2, 0.25) is 0 Å². The molecule has 0 aliphatic rings. The highest BCUT2D eigenvalue weighted by Crippen LogP contribution is 2.25. The molecule has 2 nitrogen and oxygen atoms in total. The van der Waals surface area contributed by atoms with Crippen molar-refractivity contribution in [1.82, 2.24) is 5.32 Å². The van der Waals surface area contributed by atoms with Crippen molar-refractivity contribution in [2.75, 3.05) is 0 Å². The van der Waals surface area contributed by atoms with E-state index in [2.05, 4.69) is 62.2 Å². The van der Waals surface area contributed by atoms with Crippen molar-refractivity contribution < 1.29 is 5.11 Å². The molecule has 0 aliphatic heterocycles. The first-order valence-electron chi connectivity index (χ1n) is 5.53. The molecule has 0 fully saturated rings. The molecule has 0 bridgehead atoms. The van der Waals surface area contributed by atoms with E-state index in [-0.39, 0.29) is 11.3 Å². The number of rotatable bonds is 6. The van der Waals surface area contributed by atoms with Gasteiger partial charge in [-0.25, -0.2) is 0 Å². The topological polar surface area (TPSA) is 32.3 Å². The normalized spacial score (nSPS) is 15.8. The van der Waals surface area contributed by atoms with E-state index in [1.165, 1.54) is 6.42 Å². The minimum absolute atomic E-state index is 0.0870. The monoisotopic (exact) mass is 325 g/mol. The van der Waals surface area contributed by atoms with E-state index >= 15 is 0 Å². The predicted octanol–water partition coefficient (Wildman–Crippen LogP) is 4.01. The van der Waals surface area contributed by atoms with Gasteiger partial charge < -0.3 is 10.4 Å². The molecule has 2 unspecified atom stereocenters. The fourth-order valence-electron chi connectivity index (χ4n) is 1.64. The second kappa shape index (κ2) is 6.61. The third-order valence-corrected chi connectivity index (χ3v) is 3.60. The van der Waals surface area contributed by atoms with Crippen molar-refractivity contribution in [2.45, 2.75) is 56.9 Å². The lowest BCUT2D eigenvalue weighted by Crippen LogP contribution is -2.34. The van der Waals surface area contributed by atoms with Crippen LogP contribution in [-0.4, -0.2) is 15.1 Å². The van der Waals surface area contributed by atoms with Gasteiger partial charge in [-0.1, -0.05) is 50.3 Å². The largest absolute Gasteiger partial charge is 0.495 e. The summed E-state index contributed by atoms with van der Waals surface area (Å²) in [5, 5.41) is 12.3. The maximum Gasteiger partial charge on any atom is 0.176 e. The molecule has 0 aromatic rings. The van der Waals surface area contributed by atoms with E-state index in [1.54, 1.807) is 0 Å². The fourth-order valence-corrected chi connectivity index (χ4v) is 2.26. The lowest BCUT2D eigenvalue weighted by Gasteiger charge is -2.28. The molecule has 0 aliphatic carbocycles. The highest BCUT2D eigenvalue weighted by molar-refractivity contribution is 14.1. The number of aliphatic hydroxyl groups is 1. The Morgan fingerprint density at radius 3 is 2.33 bits per heavy atom. The van der Waals surface area contributed by atoms with Crippen LogP contribution in [0.25, 0.3) is 0 Å². The highest BCUT2D eigenvalue weighted by Gasteiger charge is 2.20. The Kier molecular flexibility index (Phi) is 6.64. The summed E-state index contributed by atoms with van der Waals surface area (Å²) in [7, 11) is 0. The van der Waals surface area contributed by atoms with Crippen LogP contribution in [0.4, 0.5) is 0 Å². The quantitative estimate of drug-likeness (QED) is 0.439. The lowest BCUT2D eigenvalue weighted by molar-refractivity contribution is 0.270. The number of halogens is 1. The van der Waals surface area contributed by atoms with Gasteiger partial charge in [0.1, 0.15) is 0 Å². The Hall–Kier alpha value is 0.0700. The predicted molar refractivity (Wildman–Crippen MR) is 75.5 cm³/mol. The second-order valence-electron chi connectivity index (χ2n) is 5.29. The molecule has 2 N–H and O–H groups in total. The molecule has 0 radical (unpaired) electrons. The summed E-state index contributed by atoms with van der Waals surface area (Å²) in [5.41, 5.74) is 0.275. The first-order valence-corrected chi connectivity index (χ1v) is 6.77. The molecule has 0 saturated heterocycles. The molecule has 0 saturated carbocycles. The number of hydrogen-bond donors (Lipinski definition) is 2. The van der Waals surface area contributed by atoms with Crippen molar-refractivity contribution in [3.05, 3.63) is 12.5 Å². The molecule has 0 spiro atoms. The van der Waals surface area contributed by atoms with E-state index in [4.69, 9.17) is 0 Å². The highest BCUT2D eigenvalue weighted by atomic mass is 127. The fraction of sp³-hybridized carbons (Fsp3) is 0.833. The van der Waals surface area contributed by atoms with E-state index in [0.29, 0.717) is 9.97 Å². The first-order chi connectivity index (χ1) is 6.74. The van der Waals surface area contributed by atoms with Gasteiger partial charge in [0, 0.05) is 9.97 Å². The van der Waals surface area contributed by atoms with Gasteiger partial charge in [-0.05, 0) is 31.3 Å². The summed E-state index contributed by atoms with van der Waals surface area (Å²) < 4.78 is 0.654. The van der Waals surface area contributed by atoms with Crippen molar-refractivity contribution in [2.24, 2.45) is 5.41 Å². The van der Waals surface area contributed by atoms with Crippen LogP contribution in [0.5, 0.6) is 0 Å². The van der Waals surface area contributed by atoms with Gasteiger partial charge in [0.15, 0.2) is 5.88 Å². The van der Waals surface area contributed by atoms with Crippen molar-refractivity contribution >= 4 is 22.6 Å². The molecule has 0 heterocycles. The maximum atomic E-state index is 9.20. The van der Waals surface area contributed by atoms with Gasteiger partial charge in [-0.15, -0.1) is 0 Å². The Bertz CT molecular complexity index is 198. The van der Waals surface area contributed by atoms with Crippen LogP contribution < -0.4 is 5.32 Å². The van der Waals surface area contributed by atoms with Crippen LogP contribution in [0.3, 0.4) is 0 Å². The van der Waals surface area contributed by atoms with Gasteiger partial charge in [0.2, 0.25) is 0 Å². The summed E-state index contributed by atoms with van der Waals surface area (Å²) >= 11 is 2.47. The Morgan fingerprint density at radius 1 is 1.47 bits per heavy atom. The number of nitrogens with one attached hydrogen (secondary N) is 1. The molecular weight excluding hydrogens is 301 g/mol. The zero-order valence-corrected chi connectivity index (χ0v) is 12.5. The van der Waals surface area contributed by atoms with E-state index in [1.807, 2.05) is 0 Å². The van der Waals surface area contributed by atoms with Crippen LogP contribution in [0, 0.1) is 5.41 Å². The maximum absolute atomic E-state index is 9.20. The minimum atomic E-state index is 0.0870. The number of alkyl halides is 1. The molecule has 90 valence electrons. The molecule has 0 aromatic heterocycles. The second-order valence-corrected chi connectivity index (χ2v) is 7.06. The van der Waals surface area contributed by atoms with Crippen molar-refractivity contribution in [3.8, 4) is 0 Å². The van der Waals surface area contributed by atoms with E-state index in [9.17, 15) is 5.11 Å². The first kappa shape index (κ1) is 15.1. The summed E-state index contributed by atoms with van der Waals surface area (Å²) in [4.78, 5) is 0. The smallest absolute Gasteiger partial charge is 0.176 e. The van der Waals surface area contributed by atoms with Crippen LogP contribution >= 0.6 is 22.6 Å². The molecule has 2 atom stereocenters. The van der Waals surface area contributed by atoms with E-state index < -0.39 is 0 Å². The third-order valence-electron chi connectivity index (χ3n) is 2.21. The SMILES string of the molecule is C=C(O)NC(CC(I)CC)CC(C)(C)C. The summed E-state index contributed by atoms with van der Waals surface area (Å²) in [5.74, 6) is 0.0870.